The molecule has 0 radical (unpaired) electrons. The van der Waals surface area contributed by atoms with Gasteiger partial charge in [-0.15, -0.1) is 0 Å². The Balaban J connectivity index is 3.75. The fraction of sp³-hybridized carbons (Fsp3) is 1.00. The van der Waals surface area contributed by atoms with Crippen molar-refractivity contribution in [1.29, 1.82) is 0 Å². The molecule has 0 aliphatic heterocycles. The van der Waals surface area contributed by atoms with E-state index in [1.807, 2.05) is 0 Å². The highest BCUT2D eigenvalue weighted by Crippen LogP contribution is 1.88. The molecule has 0 nitrogen and oxygen atoms in total. The highest BCUT2D eigenvalue weighted by atomic mass is 13.7. The predicted octanol–water partition coefficient (Wildman–Crippen LogP) is 2.20. The molecule has 0 bridgehead atoms. The highest BCUT2D eigenvalue weighted by molar-refractivity contribution is 4.24. The first-order valence-electron chi connectivity index (χ1n) is 3.71. The lowest BCUT2D eigenvalue weighted by Crippen LogP contribution is -1.59. The maximum absolute atomic E-state index is 7.01. The van der Waals surface area contributed by atoms with E-state index in [1.54, 1.807) is 0 Å². The van der Waals surface area contributed by atoms with Gasteiger partial charge in [-0.1, -0.05) is 33.0 Å². The Morgan fingerprint density at radius 3 is 1.80 bits per heavy atom. The summed E-state index contributed by atoms with van der Waals surface area (Å²) in [5, 5.41) is 0. The van der Waals surface area contributed by atoms with Crippen LogP contribution in [0.25, 0.3) is 0 Å². The maximum atomic E-state index is 7.01. The summed E-state index contributed by atoms with van der Waals surface area (Å²) in [4.78, 5) is 0. The van der Waals surface area contributed by atoms with E-state index in [-0.39, 0.29) is 6.42 Å². The summed E-state index contributed by atoms with van der Waals surface area (Å²) in [5.74, 6) is 0. The molecule has 0 amide bonds. The zero-order valence-corrected chi connectivity index (χ0v) is 3.71. The van der Waals surface area contributed by atoms with Gasteiger partial charge in [0.1, 0.15) is 0 Å². The lowest BCUT2D eigenvalue weighted by molar-refractivity contribution is 0.772. The van der Waals surface area contributed by atoms with Crippen LogP contribution in [0.15, 0.2) is 0 Å². The average molecular weight is 76.2 g/mol. The first kappa shape index (κ1) is 1.25. The molecule has 0 rings (SSSR count). The van der Waals surface area contributed by atoms with E-state index < -0.39 is 12.7 Å². The van der Waals surface area contributed by atoms with Crippen LogP contribution in [0.3, 0.4) is 0 Å². The van der Waals surface area contributed by atoms with E-state index in [4.69, 9.17) is 5.48 Å². The molecule has 0 aromatic heterocycles. The number of hydrogen-bond acceptors (Lipinski definition) is 0. The van der Waals surface area contributed by atoms with Crippen molar-refractivity contribution in [3.05, 3.63) is 0 Å². The molecule has 0 unspecified atom stereocenters. The molecule has 0 heteroatoms. The number of rotatable bonds is 2. The number of hydrogen-bond donors (Lipinski definition) is 0. The normalized spacial score (nSPS) is 26.0. The fourth-order valence-corrected chi connectivity index (χ4v) is 0.177. The standard InChI is InChI=1S/C5H12/c1-3-5-4-2/h3-5H2,1-2H3/i3D2,4D2. The van der Waals surface area contributed by atoms with Crippen LogP contribution < -0.4 is 0 Å². The SMILES string of the molecule is [2H]C([2H])(C)CC([2H])([2H])C. The van der Waals surface area contributed by atoms with Gasteiger partial charge in [-0.05, 0) is 0 Å². The Kier molecular flexibility index (Phi) is 1.00. The van der Waals surface area contributed by atoms with Crippen molar-refractivity contribution in [2.45, 2.75) is 33.0 Å². The zero-order chi connectivity index (χ0) is 7.71. The Bertz CT molecular complexity index is 74.1. The second-order valence-corrected chi connectivity index (χ2v) is 0.884. The molecule has 0 aromatic rings. The smallest absolute Gasteiger partial charge is 0.0264 e. The zero-order valence-electron chi connectivity index (χ0n) is 7.71. The molecule has 0 aromatic carbocycles. The maximum Gasteiger partial charge on any atom is 0.0264 e. The summed E-state index contributed by atoms with van der Waals surface area (Å²) in [5.41, 5.74) is 0. The Morgan fingerprint density at radius 2 is 1.80 bits per heavy atom. The van der Waals surface area contributed by atoms with Crippen molar-refractivity contribution in [2.75, 3.05) is 0 Å². The van der Waals surface area contributed by atoms with Crippen molar-refractivity contribution in [3.63, 3.8) is 0 Å². The van der Waals surface area contributed by atoms with Crippen molar-refractivity contribution < 1.29 is 5.48 Å². The van der Waals surface area contributed by atoms with Crippen LogP contribution in [0, 0.1) is 0 Å². The molecule has 0 fully saturated rings. The van der Waals surface area contributed by atoms with Crippen molar-refractivity contribution in [3.8, 4) is 0 Å². The van der Waals surface area contributed by atoms with Gasteiger partial charge in [0, 0.05) is 5.48 Å². The molecule has 0 heterocycles. The summed E-state index contributed by atoms with van der Waals surface area (Å²) >= 11 is 0. The van der Waals surface area contributed by atoms with Gasteiger partial charge < -0.3 is 0 Å². The van der Waals surface area contributed by atoms with Crippen LogP contribution in [0.5, 0.6) is 0 Å². The van der Waals surface area contributed by atoms with E-state index in [1.165, 1.54) is 13.8 Å². The lowest BCUT2D eigenvalue weighted by Gasteiger charge is -1.79. The van der Waals surface area contributed by atoms with Crippen LogP contribution in [-0.2, 0) is 0 Å². The van der Waals surface area contributed by atoms with E-state index in [0.29, 0.717) is 0 Å². The molecule has 0 atom stereocenters. The van der Waals surface area contributed by atoms with Gasteiger partial charge in [0.15, 0.2) is 0 Å². The molecule has 0 aliphatic carbocycles. The van der Waals surface area contributed by atoms with Crippen LogP contribution >= 0.6 is 0 Å². The van der Waals surface area contributed by atoms with Crippen LogP contribution in [0.4, 0.5) is 0 Å². The molecular formula is C5H12. The van der Waals surface area contributed by atoms with Gasteiger partial charge in [0.2, 0.25) is 0 Å². The topological polar surface area (TPSA) is 0 Å². The van der Waals surface area contributed by atoms with Gasteiger partial charge in [-0.2, -0.15) is 0 Å². The monoisotopic (exact) mass is 76.1 g/mol. The van der Waals surface area contributed by atoms with E-state index in [2.05, 4.69) is 0 Å². The van der Waals surface area contributed by atoms with E-state index in [9.17, 15) is 0 Å². The summed E-state index contributed by atoms with van der Waals surface area (Å²) in [6.45, 7) is 2.77. The first-order valence-corrected chi connectivity index (χ1v) is 1.71. The van der Waals surface area contributed by atoms with Crippen LogP contribution in [0.1, 0.15) is 38.5 Å². The molecule has 5 heavy (non-hydrogen) atoms. The van der Waals surface area contributed by atoms with Gasteiger partial charge in [-0.3, -0.25) is 0 Å². The Labute approximate surface area is 39.8 Å². The third-order valence-electron chi connectivity index (χ3n) is 0.354. The van der Waals surface area contributed by atoms with Gasteiger partial charge in [0.05, 0.1) is 0 Å². The molecule has 32 valence electrons. The Morgan fingerprint density at radius 1 is 1.40 bits per heavy atom. The highest BCUT2D eigenvalue weighted by Gasteiger charge is 1.68. The van der Waals surface area contributed by atoms with Crippen molar-refractivity contribution in [1.82, 2.24) is 0 Å². The predicted molar refractivity (Wildman–Crippen MR) is 25.2 cm³/mol. The van der Waals surface area contributed by atoms with Crippen LogP contribution in [0.2, 0.25) is 0 Å². The third-order valence-corrected chi connectivity index (χ3v) is 0.354. The van der Waals surface area contributed by atoms with Crippen LogP contribution in [-0.4, -0.2) is 0 Å². The summed E-state index contributed by atoms with van der Waals surface area (Å²) in [7, 11) is 0. The van der Waals surface area contributed by atoms with Gasteiger partial charge in [0.25, 0.3) is 0 Å². The van der Waals surface area contributed by atoms with E-state index >= 15 is 0 Å². The third kappa shape index (κ3) is 4.00. The van der Waals surface area contributed by atoms with E-state index in [0.717, 1.165) is 0 Å². The average Bonchev–Trinajstić information content (AvgIpc) is 1.14. The minimum absolute atomic E-state index is 0.0417. The molecule has 0 aliphatic rings. The first-order chi connectivity index (χ1) is 3.71. The lowest BCUT2D eigenvalue weighted by atomic mass is 10.3. The fourth-order valence-electron chi connectivity index (χ4n) is 0.177. The molecule has 0 saturated carbocycles. The van der Waals surface area contributed by atoms with Gasteiger partial charge in [-0.25, -0.2) is 0 Å². The van der Waals surface area contributed by atoms with Crippen molar-refractivity contribution >= 4 is 0 Å². The molecule has 0 spiro atoms. The summed E-state index contributed by atoms with van der Waals surface area (Å²) < 4.78 is 28.1. The summed E-state index contributed by atoms with van der Waals surface area (Å²) in [6.07, 6.45) is -2.82. The van der Waals surface area contributed by atoms with Crippen molar-refractivity contribution in [2.24, 2.45) is 0 Å². The Hall–Kier alpha value is 0. The second kappa shape index (κ2) is 4.00. The molecular weight excluding hydrogens is 60.1 g/mol. The molecule has 0 N–H and O–H groups in total. The molecule has 0 saturated heterocycles. The minimum Gasteiger partial charge on any atom is -0.0654 e. The second-order valence-electron chi connectivity index (χ2n) is 0.884. The quantitative estimate of drug-likeness (QED) is 0.473. The summed E-state index contributed by atoms with van der Waals surface area (Å²) in [6, 6.07) is 0. The van der Waals surface area contributed by atoms with Gasteiger partial charge >= 0.3 is 0 Å². The largest absolute Gasteiger partial charge is 0.0654 e. The minimum atomic E-state index is -1.39.